The second kappa shape index (κ2) is 21.0. The fourth-order valence-corrected chi connectivity index (χ4v) is 7.08. The summed E-state index contributed by atoms with van der Waals surface area (Å²) in [5.74, 6) is -1.07. The predicted molar refractivity (Wildman–Crippen MR) is 212 cm³/mol. The van der Waals surface area contributed by atoms with Crippen molar-refractivity contribution in [2.24, 2.45) is 0 Å². The molecule has 0 saturated carbocycles. The minimum atomic E-state index is -0.990. The zero-order chi connectivity index (χ0) is 39.2. The minimum absolute atomic E-state index is 0.00423. The molecule has 296 valence electrons. The Hall–Kier alpha value is -3.20. The number of aliphatic hydroxyl groups excluding tert-OH is 1. The van der Waals surface area contributed by atoms with E-state index >= 15 is 0 Å². The first-order chi connectivity index (χ1) is 25.0. The van der Waals surface area contributed by atoms with E-state index in [0.29, 0.717) is 26.2 Å². The lowest BCUT2D eigenvalue weighted by molar-refractivity contribution is -0.142. The monoisotopic (exact) mass is 775 g/mol. The number of hydrogen-bond acceptors (Lipinski definition) is 10. The summed E-state index contributed by atoms with van der Waals surface area (Å²) < 4.78 is 10.0. The number of aliphatic hydroxyl groups is 1. The predicted octanol–water partition coefficient (Wildman–Crippen LogP) is 6.11. The third-order valence-corrected chi connectivity index (χ3v) is 10.2. The lowest BCUT2D eigenvalue weighted by atomic mass is 10.00. The number of rotatable bonds is 20. The van der Waals surface area contributed by atoms with Crippen LogP contribution in [-0.4, -0.2) is 93.6 Å². The number of hydrogen-bond donors (Lipinski definition) is 5. The van der Waals surface area contributed by atoms with Crippen LogP contribution in [0.1, 0.15) is 117 Å². The largest absolute Gasteiger partial charge is 0.444 e. The van der Waals surface area contributed by atoms with Gasteiger partial charge in [0.15, 0.2) is 0 Å². The molecule has 3 rings (SSSR count). The Morgan fingerprint density at radius 2 is 1.62 bits per heavy atom. The molecule has 0 bridgehead atoms. The van der Waals surface area contributed by atoms with Gasteiger partial charge in [0.25, 0.3) is 0 Å². The molecule has 0 radical (unpaired) electrons. The van der Waals surface area contributed by atoms with Crippen molar-refractivity contribution in [2.75, 3.05) is 26.3 Å². The highest BCUT2D eigenvalue weighted by Crippen LogP contribution is 2.29. The molecule has 4 N–H and O–H groups in total. The van der Waals surface area contributed by atoms with Crippen molar-refractivity contribution in [1.82, 2.24) is 25.8 Å². The number of alkyl carbamates (subject to hydrolysis) is 1. The summed E-state index contributed by atoms with van der Waals surface area (Å²) in [5.41, 5.74) is 4.26. The maximum Gasteiger partial charge on any atom is 0.407 e. The summed E-state index contributed by atoms with van der Waals surface area (Å²) in [5, 5.41) is 19.2. The molecule has 12 nitrogen and oxygen atoms in total. The molecule has 0 aliphatic carbocycles. The van der Waals surface area contributed by atoms with E-state index in [1.165, 1.54) is 4.90 Å². The van der Waals surface area contributed by atoms with Crippen molar-refractivity contribution >= 4 is 47.8 Å². The van der Waals surface area contributed by atoms with E-state index in [0.717, 1.165) is 60.2 Å². The molecule has 14 heteroatoms. The van der Waals surface area contributed by atoms with E-state index in [1.54, 1.807) is 25.2 Å². The topological polar surface area (TPSA) is 159 Å². The van der Waals surface area contributed by atoms with Gasteiger partial charge in [0.05, 0.1) is 28.2 Å². The number of amides is 4. The van der Waals surface area contributed by atoms with Gasteiger partial charge in [-0.15, -0.1) is 11.3 Å². The first-order valence-electron chi connectivity index (χ1n) is 18.8. The van der Waals surface area contributed by atoms with Crippen LogP contribution in [0, 0.1) is 6.92 Å². The minimum Gasteiger partial charge on any atom is -0.444 e. The second-order valence-corrected chi connectivity index (χ2v) is 17.4. The molecule has 53 heavy (non-hydrogen) atoms. The van der Waals surface area contributed by atoms with Gasteiger partial charge in [-0.25, -0.2) is 9.78 Å². The highest BCUT2D eigenvalue weighted by atomic mass is 32.1. The Bertz CT molecular complexity index is 1470. The number of nitrogens with one attached hydrogen (secondary N) is 3. The SMILES string of the molecule is Cc1ncsc1-c1ccc([C@H](C)NC(=O)[C@@H]2C[C@@H](O)CN2C(=O)[C@@H](NC(=O)CCCCCOCCCCCCNC(=O)OC(C)(C)C)C(C)(C)S)cc1. The summed E-state index contributed by atoms with van der Waals surface area (Å²) >= 11 is 6.22. The number of thiol groups is 1. The molecule has 4 amide bonds. The molecule has 1 aliphatic heterocycles. The smallest absolute Gasteiger partial charge is 0.407 e. The van der Waals surface area contributed by atoms with Crippen molar-refractivity contribution < 1.29 is 33.8 Å². The van der Waals surface area contributed by atoms with Gasteiger partial charge in [-0.2, -0.15) is 12.6 Å². The van der Waals surface area contributed by atoms with Gasteiger partial charge in [0, 0.05) is 43.9 Å². The van der Waals surface area contributed by atoms with Crippen molar-refractivity contribution in [3.63, 3.8) is 0 Å². The molecule has 2 aromatic rings. The number of aryl methyl sites for hydroxylation is 1. The van der Waals surface area contributed by atoms with E-state index in [2.05, 4.69) is 33.6 Å². The normalized spacial score (nSPS) is 17.3. The van der Waals surface area contributed by atoms with Crippen LogP contribution >= 0.6 is 24.0 Å². The van der Waals surface area contributed by atoms with Crippen LogP contribution in [0.2, 0.25) is 0 Å². The van der Waals surface area contributed by atoms with E-state index < -0.39 is 34.4 Å². The van der Waals surface area contributed by atoms with Gasteiger partial charge in [-0.3, -0.25) is 14.4 Å². The molecule has 1 fully saturated rings. The van der Waals surface area contributed by atoms with E-state index in [9.17, 15) is 24.3 Å². The Labute approximate surface area is 325 Å². The van der Waals surface area contributed by atoms with E-state index in [1.807, 2.05) is 64.4 Å². The lowest BCUT2D eigenvalue weighted by Gasteiger charge is -2.35. The van der Waals surface area contributed by atoms with Gasteiger partial charge in [-0.1, -0.05) is 43.5 Å². The third kappa shape index (κ3) is 15.2. The molecule has 1 aliphatic rings. The number of thiazole rings is 1. The second-order valence-electron chi connectivity index (χ2n) is 15.4. The summed E-state index contributed by atoms with van der Waals surface area (Å²) in [4.78, 5) is 58.9. The first-order valence-corrected chi connectivity index (χ1v) is 20.1. The van der Waals surface area contributed by atoms with E-state index in [4.69, 9.17) is 9.47 Å². The van der Waals surface area contributed by atoms with Gasteiger partial charge in [0.1, 0.15) is 17.7 Å². The van der Waals surface area contributed by atoms with Crippen molar-refractivity contribution in [3.05, 3.63) is 41.0 Å². The van der Waals surface area contributed by atoms with E-state index in [-0.39, 0.29) is 43.3 Å². The summed E-state index contributed by atoms with van der Waals surface area (Å²) in [6.07, 6.45) is 5.22. The fourth-order valence-electron chi connectivity index (χ4n) is 6.10. The Morgan fingerprint density at radius 3 is 2.23 bits per heavy atom. The number of likely N-dealkylation sites (tertiary alicyclic amines) is 1. The van der Waals surface area contributed by atoms with Crippen LogP contribution in [0.15, 0.2) is 29.8 Å². The number of ether oxygens (including phenoxy) is 2. The molecule has 4 atom stereocenters. The Balaban J connectivity index is 1.37. The maximum atomic E-state index is 13.9. The van der Waals surface area contributed by atoms with Gasteiger partial charge >= 0.3 is 6.09 Å². The Kier molecular flexibility index (Phi) is 17.5. The summed E-state index contributed by atoms with van der Waals surface area (Å²) in [7, 11) is 0. The summed E-state index contributed by atoms with van der Waals surface area (Å²) in [6, 6.07) is 5.74. The van der Waals surface area contributed by atoms with Crippen LogP contribution in [0.3, 0.4) is 0 Å². The standard InChI is InChI=1S/C39H61N5O7S2/c1-26(28-16-18-29(19-17-28)33-27(2)41-25-53-33)42-35(47)31-23-30(45)24-44(31)36(48)34(39(6,7)52)43-32(46)15-11-10-14-22-50-21-13-9-8-12-20-40-37(49)51-38(3,4)5/h16-19,25-26,30-31,34,45,52H,8-15,20-24H2,1-7H3,(H,40,49)(H,42,47)(H,43,46)/t26-,30+,31-,34+/m0/s1. The lowest BCUT2D eigenvalue weighted by Crippen LogP contribution is -2.59. The zero-order valence-corrected chi connectivity index (χ0v) is 34.2. The zero-order valence-electron chi connectivity index (χ0n) is 32.5. The average Bonchev–Trinajstić information content (AvgIpc) is 3.69. The molecule has 0 unspecified atom stereocenters. The Morgan fingerprint density at radius 1 is 0.981 bits per heavy atom. The highest BCUT2D eigenvalue weighted by molar-refractivity contribution is 7.81. The number of β-amino-alcohol motifs (C(OH)–C–C–N with tert-alkyl or cyclic N) is 1. The molecule has 2 heterocycles. The van der Waals surface area contributed by atoms with Crippen LogP contribution in [0.4, 0.5) is 4.79 Å². The number of benzene rings is 1. The molecule has 0 spiro atoms. The average molecular weight is 776 g/mol. The molecular weight excluding hydrogens is 715 g/mol. The maximum absolute atomic E-state index is 13.9. The number of carbonyl (C=O) groups excluding carboxylic acids is 4. The first kappa shape index (κ1) is 44.2. The third-order valence-electron chi connectivity index (χ3n) is 8.98. The van der Waals surface area contributed by atoms with Crippen LogP contribution in [0.5, 0.6) is 0 Å². The van der Waals surface area contributed by atoms with Crippen LogP contribution in [-0.2, 0) is 23.9 Å². The number of nitrogens with zero attached hydrogens (tertiary/aromatic N) is 2. The molecule has 1 aromatic carbocycles. The fraction of sp³-hybridized carbons (Fsp3) is 0.667. The van der Waals surface area contributed by atoms with Gasteiger partial charge in [0.2, 0.25) is 17.7 Å². The number of carbonyl (C=O) groups is 4. The quantitative estimate of drug-likeness (QED) is 0.0796. The molecule has 1 saturated heterocycles. The summed E-state index contributed by atoms with van der Waals surface area (Å²) in [6.45, 7) is 14.7. The van der Waals surface area contributed by atoms with Crippen molar-refractivity contribution in [2.45, 2.75) is 141 Å². The van der Waals surface area contributed by atoms with Gasteiger partial charge < -0.3 is 35.4 Å². The molecule has 1 aromatic heterocycles. The number of unbranched alkanes of at least 4 members (excludes halogenated alkanes) is 5. The highest BCUT2D eigenvalue weighted by Gasteiger charge is 2.45. The van der Waals surface area contributed by atoms with Crippen molar-refractivity contribution in [1.29, 1.82) is 0 Å². The number of aromatic nitrogens is 1. The molecular formula is C39H61N5O7S2. The van der Waals surface area contributed by atoms with Crippen LogP contribution < -0.4 is 16.0 Å². The van der Waals surface area contributed by atoms with Gasteiger partial charge in [-0.05, 0) is 85.3 Å². The van der Waals surface area contributed by atoms with Crippen molar-refractivity contribution in [3.8, 4) is 10.4 Å². The van der Waals surface area contributed by atoms with Crippen LogP contribution in [0.25, 0.3) is 10.4 Å².